The van der Waals surface area contributed by atoms with Gasteiger partial charge in [-0.05, 0) is 49.9 Å². The molecule has 0 bridgehead atoms. The van der Waals surface area contributed by atoms with Crippen LogP contribution in [0.4, 0.5) is 16.0 Å². The molecule has 1 saturated carbocycles. The van der Waals surface area contributed by atoms with Gasteiger partial charge in [-0.2, -0.15) is 0 Å². The van der Waals surface area contributed by atoms with Crippen molar-refractivity contribution in [2.45, 2.75) is 44.8 Å². The Bertz CT molecular complexity index is 1170. The summed E-state index contributed by atoms with van der Waals surface area (Å²) in [6.45, 7) is 1.60. The summed E-state index contributed by atoms with van der Waals surface area (Å²) in [7, 11) is 3.45. The number of ether oxygens (including phenoxy) is 2. The van der Waals surface area contributed by atoms with Gasteiger partial charge in [0.05, 0.1) is 23.8 Å². The SMILES string of the molecule is COc1cc2nc(Nc3ccc(F)c(Cl)c3)ncc2cc1OC1CCC(N(C)C(C)=O)CC1. The highest BCUT2D eigenvalue weighted by Gasteiger charge is 2.27. The molecular weight excluding hydrogens is 447 g/mol. The Morgan fingerprint density at radius 2 is 1.94 bits per heavy atom. The Balaban J connectivity index is 1.49. The fourth-order valence-corrected chi connectivity index (χ4v) is 4.22. The van der Waals surface area contributed by atoms with Crippen LogP contribution >= 0.6 is 11.6 Å². The molecule has 1 aromatic heterocycles. The predicted octanol–water partition coefficient (Wildman–Crippen LogP) is 5.34. The maximum atomic E-state index is 13.4. The monoisotopic (exact) mass is 472 g/mol. The summed E-state index contributed by atoms with van der Waals surface area (Å²) < 4.78 is 25.2. The molecule has 9 heteroatoms. The first kappa shape index (κ1) is 23.0. The van der Waals surface area contributed by atoms with Gasteiger partial charge in [0.1, 0.15) is 5.82 Å². The molecule has 3 aromatic rings. The van der Waals surface area contributed by atoms with Crippen LogP contribution in [0.1, 0.15) is 32.6 Å². The lowest BCUT2D eigenvalue weighted by Crippen LogP contribution is -2.40. The van der Waals surface area contributed by atoms with Crippen LogP contribution in [0.5, 0.6) is 11.5 Å². The van der Waals surface area contributed by atoms with Crippen molar-refractivity contribution in [3.8, 4) is 11.5 Å². The average Bonchev–Trinajstić information content (AvgIpc) is 2.81. The number of halogens is 2. The van der Waals surface area contributed by atoms with Crippen LogP contribution in [0.25, 0.3) is 10.9 Å². The molecule has 1 aliphatic rings. The zero-order valence-corrected chi connectivity index (χ0v) is 19.5. The number of anilines is 2. The van der Waals surface area contributed by atoms with Crippen LogP contribution in [-0.2, 0) is 4.79 Å². The lowest BCUT2D eigenvalue weighted by Gasteiger charge is -2.34. The average molecular weight is 473 g/mol. The van der Waals surface area contributed by atoms with Crippen LogP contribution in [0.3, 0.4) is 0 Å². The summed E-state index contributed by atoms with van der Waals surface area (Å²) in [5.41, 5.74) is 1.26. The van der Waals surface area contributed by atoms with E-state index in [9.17, 15) is 9.18 Å². The van der Waals surface area contributed by atoms with Crippen molar-refractivity contribution >= 4 is 40.0 Å². The minimum atomic E-state index is -0.488. The highest BCUT2D eigenvalue weighted by atomic mass is 35.5. The summed E-state index contributed by atoms with van der Waals surface area (Å²) in [6.07, 6.45) is 5.29. The number of hydrogen-bond donors (Lipinski definition) is 1. The largest absolute Gasteiger partial charge is 0.493 e. The van der Waals surface area contributed by atoms with Crippen molar-refractivity contribution in [1.29, 1.82) is 0 Å². The van der Waals surface area contributed by atoms with E-state index in [0.717, 1.165) is 31.1 Å². The third-order valence-corrected chi connectivity index (χ3v) is 6.31. The summed E-state index contributed by atoms with van der Waals surface area (Å²) in [5.74, 6) is 1.18. The molecule has 1 heterocycles. The van der Waals surface area contributed by atoms with Gasteiger partial charge in [-0.3, -0.25) is 4.79 Å². The molecule has 4 rings (SSSR count). The van der Waals surface area contributed by atoms with Gasteiger partial charge < -0.3 is 19.7 Å². The zero-order chi connectivity index (χ0) is 23.5. The van der Waals surface area contributed by atoms with Crippen LogP contribution in [0.15, 0.2) is 36.5 Å². The fraction of sp³-hybridized carbons (Fsp3) is 0.375. The molecule has 0 unspecified atom stereocenters. The molecule has 1 aliphatic carbocycles. The first-order valence-corrected chi connectivity index (χ1v) is 11.2. The number of nitrogens with zero attached hydrogens (tertiary/aromatic N) is 3. The van der Waals surface area contributed by atoms with E-state index in [-0.39, 0.29) is 23.1 Å². The smallest absolute Gasteiger partial charge is 0.227 e. The number of aromatic nitrogens is 2. The van der Waals surface area contributed by atoms with Crippen molar-refractivity contribution in [3.63, 3.8) is 0 Å². The van der Waals surface area contributed by atoms with E-state index in [4.69, 9.17) is 21.1 Å². The first-order chi connectivity index (χ1) is 15.8. The summed E-state index contributed by atoms with van der Waals surface area (Å²) in [5, 5.41) is 3.85. The van der Waals surface area contributed by atoms with Gasteiger partial charge in [0.15, 0.2) is 11.5 Å². The molecule has 0 saturated heterocycles. The topological polar surface area (TPSA) is 76.6 Å². The van der Waals surface area contributed by atoms with E-state index < -0.39 is 5.82 Å². The molecule has 1 amide bonds. The van der Waals surface area contributed by atoms with E-state index in [1.54, 1.807) is 26.3 Å². The molecule has 1 N–H and O–H groups in total. The highest BCUT2D eigenvalue weighted by molar-refractivity contribution is 6.31. The number of fused-ring (bicyclic) bond motifs is 1. The van der Waals surface area contributed by atoms with Gasteiger partial charge in [-0.25, -0.2) is 14.4 Å². The molecule has 0 atom stereocenters. The second-order valence-electron chi connectivity index (χ2n) is 8.19. The standard InChI is InChI=1S/C24H26ClFN4O3/c1-14(31)30(2)17-5-7-18(8-6-17)33-23-10-15-13-27-24(29-21(15)12-22(23)32-3)28-16-4-9-20(26)19(25)11-16/h4,9-13,17-18H,5-8H2,1-3H3,(H,27,28,29). The number of rotatable bonds is 6. The van der Waals surface area contributed by atoms with Gasteiger partial charge in [0.2, 0.25) is 11.9 Å². The highest BCUT2D eigenvalue weighted by Crippen LogP contribution is 2.35. The normalized spacial score (nSPS) is 18.1. The van der Waals surface area contributed by atoms with E-state index in [2.05, 4.69) is 15.3 Å². The quantitative estimate of drug-likeness (QED) is 0.521. The van der Waals surface area contributed by atoms with Gasteiger partial charge >= 0.3 is 0 Å². The Labute approximate surface area is 196 Å². The lowest BCUT2D eigenvalue weighted by atomic mass is 9.92. The fourth-order valence-electron chi connectivity index (χ4n) is 4.04. The Kier molecular flexibility index (Phi) is 6.83. The Morgan fingerprint density at radius 1 is 1.18 bits per heavy atom. The zero-order valence-electron chi connectivity index (χ0n) is 18.8. The number of benzene rings is 2. The van der Waals surface area contributed by atoms with Gasteiger partial charge in [0.25, 0.3) is 0 Å². The van der Waals surface area contributed by atoms with Gasteiger partial charge in [-0.15, -0.1) is 0 Å². The Morgan fingerprint density at radius 3 is 2.61 bits per heavy atom. The second kappa shape index (κ2) is 9.79. The summed E-state index contributed by atoms with van der Waals surface area (Å²) >= 11 is 5.85. The molecule has 174 valence electrons. The number of amides is 1. The van der Waals surface area contributed by atoms with E-state index >= 15 is 0 Å². The predicted molar refractivity (Wildman–Crippen MR) is 126 cm³/mol. The number of hydrogen-bond acceptors (Lipinski definition) is 6. The van der Waals surface area contributed by atoms with Crippen molar-refractivity contribution in [3.05, 3.63) is 47.4 Å². The van der Waals surface area contributed by atoms with Crippen LogP contribution in [-0.4, -0.2) is 47.1 Å². The third-order valence-electron chi connectivity index (χ3n) is 6.02. The van der Waals surface area contributed by atoms with Crippen LogP contribution in [0.2, 0.25) is 5.02 Å². The van der Waals surface area contributed by atoms with Gasteiger partial charge in [-0.1, -0.05) is 11.6 Å². The van der Waals surface area contributed by atoms with Crippen molar-refractivity contribution < 1.29 is 18.7 Å². The minimum Gasteiger partial charge on any atom is -0.493 e. The molecule has 2 aromatic carbocycles. The minimum absolute atomic E-state index is 0.0196. The van der Waals surface area contributed by atoms with Crippen molar-refractivity contribution in [2.75, 3.05) is 19.5 Å². The maximum absolute atomic E-state index is 13.4. The van der Waals surface area contributed by atoms with Gasteiger partial charge in [0, 0.05) is 43.4 Å². The molecule has 7 nitrogen and oxygen atoms in total. The summed E-state index contributed by atoms with van der Waals surface area (Å²) in [4.78, 5) is 22.3. The lowest BCUT2D eigenvalue weighted by molar-refractivity contribution is -0.130. The second-order valence-corrected chi connectivity index (χ2v) is 8.59. The number of methoxy groups -OCH3 is 1. The molecular formula is C24H26ClFN4O3. The number of carbonyl (C=O) groups is 1. The van der Waals surface area contributed by atoms with Crippen LogP contribution < -0.4 is 14.8 Å². The molecule has 1 fully saturated rings. The number of carbonyl (C=O) groups excluding carboxylic acids is 1. The molecule has 33 heavy (non-hydrogen) atoms. The third kappa shape index (κ3) is 5.27. The number of nitrogens with one attached hydrogen (secondary N) is 1. The van der Waals surface area contributed by atoms with Crippen LogP contribution in [0, 0.1) is 5.82 Å². The van der Waals surface area contributed by atoms with E-state index in [0.29, 0.717) is 28.7 Å². The maximum Gasteiger partial charge on any atom is 0.227 e. The van der Waals surface area contributed by atoms with Crippen molar-refractivity contribution in [1.82, 2.24) is 14.9 Å². The van der Waals surface area contributed by atoms with Crippen molar-refractivity contribution in [2.24, 2.45) is 0 Å². The molecule has 0 spiro atoms. The van der Waals surface area contributed by atoms with E-state index in [1.807, 2.05) is 24.1 Å². The first-order valence-electron chi connectivity index (χ1n) is 10.8. The van der Waals surface area contributed by atoms with E-state index in [1.165, 1.54) is 12.1 Å². The summed E-state index contributed by atoms with van der Waals surface area (Å²) in [6, 6.07) is 8.27. The Hall–Kier alpha value is -3.13. The molecule has 0 radical (unpaired) electrons. The molecule has 0 aliphatic heterocycles.